The van der Waals surface area contributed by atoms with Crippen LogP contribution in [0.25, 0.3) is 0 Å². The Morgan fingerprint density at radius 2 is 2.38 bits per heavy atom. The molecule has 0 fully saturated rings. The summed E-state index contributed by atoms with van der Waals surface area (Å²) in [5, 5.41) is 27.2. The van der Waals surface area contributed by atoms with E-state index in [0.717, 1.165) is 30.5 Å². The number of hydrogen-bond acceptors (Lipinski definition) is 5. The first-order valence-corrected chi connectivity index (χ1v) is 8.16. The number of amides is 2. The number of hydrogen-bond donors (Lipinski definition) is 3. The minimum Gasteiger partial charge on any atom is -0.394 e. The Balaban J connectivity index is 1.65. The van der Waals surface area contributed by atoms with Gasteiger partial charge in [0.2, 0.25) is 0 Å². The second-order valence-electron chi connectivity index (χ2n) is 6.08. The number of rotatable bonds is 5. The third-order valence-corrected chi connectivity index (χ3v) is 4.36. The molecule has 2 heterocycles. The van der Waals surface area contributed by atoms with Crippen molar-refractivity contribution < 1.29 is 9.90 Å². The van der Waals surface area contributed by atoms with Crippen LogP contribution in [0.4, 0.5) is 4.79 Å². The lowest BCUT2D eigenvalue weighted by Crippen LogP contribution is -2.40. The van der Waals surface area contributed by atoms with Gasteiger partial charge in [0, 0.05) is 18.3 Å². The van der Waals surface area contributed by atoms with Crippen molar-refractivity contribution in [3.8, 4) is 0 Å². The predicted octanol–water partition coefficient (Wildman–Crippen LogP) is 0.442. The second-order valence-corrected chi connectivity index (χ2v) is 6.08. The highest BCUT2D eigenvalue weighted by Crippen LogP contribution is 2.29. The molecule has 3 rings (SSSR count). The molecule has 0 saturated heterocycles. The normalized spacial score (nSPS) is 18.0. The van der Waals surface area contributed by atoms with Crippen LogP contribution in [0, 0.1) is 0 Å². The SMILES string of the molecule is C[C@H](NC(=O)N[C@H]1CCCc2c1cnn2CCO)c1nncn1C. The fourth-order valence-electron chi connectivity index (χ4n) is 3.20. The highest BCUT2D eigenvalue weighted by Gasteiger charge is 2.26. The Morgan fingerprint density at radius 3 is 3.08 bits per heavy atom. The molecule has 0 saturated carbocycles. The average molecular weight is 333 g/mol. The van der Waals surface area contributed by atoms with Crippen molar-refractivity contribution >= 4 is 6.03 Å². The Kier molecular flexibility index (Phi) is 4.79. The van der Waals surface area contributed by atoms with Gasteiger partial charge < -0.3 is 20.3 Å². The second kappa shape index (κ2) is 7.00. The number of aliphatic hydroxyl groups is 1. The van der Waals surface area contributed by atoms with E-state index in [2.05, 4.69) is 25.9 Å². The zero-order valence-corrected chi connectivity index (χ0v) is 13.9. The van der Waals surface area contributed by atoms with Gasteiger partial charge in [-0.1, -0.05) is 0 Å². The molecule has 2 aromatic rings. The Hall–Kier alpha value is -2.42. The van der Waals surface area contributed by atoms with Crippen molar-refractivity contribution in [2.45, 2.75) is 44.8 Å². The minimum absolute atomic E-state index is 0.0575. The number of aryl methyl sites for hydroxylation is 1. The monoisotopic (exact) mass is 333 g/mol. The molecule has 1 aliphatic carbocycles. The molecule has 24 heavy (non-hydrogen) atoms. The first kappa shape index (κ1) is 16.4. The molecule has 3 N–H and O–H groups in total. The molecule has 1 aliphatic rings. The highest BCUT2D eigenvalue weighted by atomic mass is 16.3. The molecular weight excluding hydrogens is 310 g/mol. The molecule has 2 aromatic heterocycles. The van der Waals surface area contributed by atoms with E-state index in [9.17, 15) is 4.79 Å². The van der Waals surface area contributed by atoms with Gasteiger partial charge in [-0.15, -0.1) is 10.2 Å². The summed E-state index contributed by atoms with van der Waals surface area (Å²) in [7, 11) is 1.84. The van der Waals surface area contributed by atoms with E-state index < -0.39 is 0 Å². The Morgan fingerprint density at radius 1 is 1.54 bits per heavy atom. The van der Waals surface area contributed by atoms with Crippen LogP contribution < -0.4 is 10.6 Å². The fourth-order valence-corrected chi connectivity index (χ4v) is 3.20. The molecule has 130 valence electrons. The summed E-state index contributed by atoms with van der Waals surface area (Å²) >= 11 is 0. The number of carbonyl (C=O) groups is 1. The number of nitrogens with zero attached hydrogens (tertiary/aromatic N) is 5. The molecule has 0 aliphatic heterocycles. The van der Waals surface area contributed by atoms with Crippen molar-refractivity contribution in [1.82, 2.24) is 35.2 Å². The number of urea groups is 1. The first-order chi connectivity index (χ1) is 11.6. The van der Waals surface area contributed by atoms with Crippen molar-refractivity contribution in [2.75, 3.05) is 6.61 Å². The highest BCUT2D eigenvalue weighted by molar-refractivity contribution is 5.75. The number of aromatic nitrogens is 5. The number of aliphatic hydroxyl groups excluding tert-OH is 1. The third-order valence-electron chi connectivity index (χ3n) is 4.36. The smallest absolute Gasteiger partial charge is 0.315 e. The van der Waals surface area contributed by atoms with Gasteiger partial charge >= 0.3 is 6.03 Å². The van der Waals surface area contributed by atoms with Crippen LogP contribution in [0.2, 0.25) is 0 Å². The van der Waals surface area contributed by atoms with Crippen LogP contribution in [-0.2, 0) is 20.0 Å². The zero-order chi connectivity index (χ0) is 17.1. The maximum atomic E-state index is 12.3. The molecule has 0 radical (unpaired) electrons. The van der Waals surface area contributed by atoms with Crippen molar-refractivity contribution in [3.63, 3.8) is 0 Å². The van der Waals surface area contributed by atoms with Gasteiger partial charge in [0.15, 0.2) is 5.82 Å². The van der Waals surface area contributed by atoms with E-state index in [0.29, 0.717) is 12.4 Å². The quantitative estimate of drug-likeness (QED) is 0.735. The van der Waals surface area contributed by atoms with Gasteiger partial charge in [-0.2, -0.15) is 5.10 Å². The number of nitrogens with one attached hydrogen (secondary N) is 2. The lowest BCUT2D eigenvalue weighted by molar-refractivity contribution is 0.231. The van der Waals surface area contributed by atoms with Gasteiger partial charge in [-0.3, -0.25) is 4.68 Å². The summed E-state index contributed by atoms with van der Waals surface area (Å²) in [5.74, 6) is 0.699. The fraction of sp³-hybridized carbons (Fsp3) is 0.600. The van der Waals surface area contributed by atoms with Crippen LogP contribution in [0.5, 0.6) is 0 Å². The molecule has 2 amide bonds. The molecule has 0 unspecified atom stereocenters. The number of fused-ring (bicyclic) bond motifs is 1. The summed E-state index contributed by atoms with van der Waals surface area (Å²) in [6, 6.07) is -0.538. The van der Waals surface area contributed by atoms with Crippen LogP contribution in [0.15, 0.2) is 12.5 Å². The molecule has 9 nitrogen and oxygen atoms in total. The summed E-state index contributed by atoms with van der Waals surface area (Å²) in [4.78, 5) is 12.3. The average Bonchev–Trinajstić information content (AvgIpc) is 3.15. The van der Waals surface area contributed by atoms with Crippen LogP contribution >= 0.6 is 0 Å². The van der Waals surface area contributed by atoms with E-state index in [1.54, 1.807) is 17.1 Å². The maximum absolute atomic E-state index is 12.3. The zero-order valence-electron chi connectivity index (χ0n) is 13.9. The summed E-state index contributed by atoms with van der Waals surface area (Å²) in [5.41, 5.74) is 2.14. The lowest BCUT2D eigenvalue weighted by atomic mass is 9.93. The number of carbonyl (C=O) groups excluding carboxylic acids is 1. The molecule has 2 atom stereocenters. The molecule has 0 aromatic carbocycles. The van der Waals surface area contributed by atoms with Crippen LogP contribution in [0.3, 0.4) is 0 Å². The van der Waals surface area contributed by atoms with Gasteiger partial charge in [0.25, 0.3) is 0 Å². The van der Waals surface area contributed by atoms with Crippen LogP contribution in [0.1, 0.15) is 48.9 Å². The van der Waals surface area contributed by atoms with Crippen LogP contribution in [-0.4, -0.2) is 42.3 Å². The van der Waals surface area contributed by atoms with Gasteiger partial charge in [0.1, 0.15) is 6.33 Å². The molecule has 9 heteroatoms. The van der Waals surface area contributed by atoms with E-state index in [1.807, 2.05) is 18.7 Å². The molecular formula is C15H23N7O2. The van der Waals surface area contributed by atoms with Crippen molar-refractivity contribution in [2.24, 2.45) is 7.05 Å². The Labute approximate surface area is 140 Å². The summed E-state index contributed by atoms with van der Waals surface area (Å²) < 4.78 is 3.60. The van der Waals surface area contributed by atoms with Gasteiger partial charge in [0.05, 0.1) is 31.4 Å². The first-order valence-electron chi connectivity index (χ1n) is 8.16. The van der Waals surface area contributed by atoms with E-state index in [1.165, 1.54) is 0 Å². The maximum Gasteiger partial charge on any atom is 0.315 e. The topological polar surface area (TPSA) is 110 Å². The third kappa shape index (κ3) is 3.25. The lowest BCUT2D eigenvalue weighted by Gasteiger charge is -2.25. The van der Waals surface area contributed by atoms with E-state index in [4.69, 9.17) is 5.11 Å². The standard InChI is InChI=1S/C15H23N7O2/c1-10(14-20-16-9-21(14)2)18-15(24)19-12-4-3-5-13-11(12)8-17-22(13)6-7-23/h8-10,12,23H,3-7H2,1-2H3,(H2,18,19,24)/t10-,12-/m0/s1. The van der Waals surface area contributed by atoms with Crippen molar-refractivity contribution in [3.05, 3.63) is 29.6 Å². The predicted molar refractivity (Wildman–Crippen MR) is 86.1 cm³/mol. The van der Waals surface area contributed by atoms with Gasteiger partial charge in [-0.25, -0.2) is 4.79 Å². The molecule has 0 spiro atoms. The summed E-state index contributed by atoms with van der Waals surface area (Å²) in [6.45, 7) is 2.41. The molecule has 0 bridgehead atoms. The minimum atomic E-state index is -0.238. The largest absolute Gasteiger partial charge is 0.394 e. The Bertz CT molecular complexity index is 708. The van der Waals surface area contributed by atoms with Gasteiger partial charge in [-0.05, 0) is 26.2 Å². The van der Waals surface area contributed by atoms with Crippen molar-refractivity contribution in [1.29, 1.82) is 0 Å². The summed E-state index contributed by atoms with van der Waals surface area (Å²) in [6.07, 6.45) is 6.18. The van der Waals surface area contributed by atoms with E-state index >= 15 is 0 Å². The van der Waals surface area contributed by atoms with E-state index in [-0.39, 0.29) is 24.7 Å².